The number of thioether (sulfide) groups is 1. The largest absolute Gasteiger partial charge is 0.382 e. The van der Waals surface area contributed by atoms with Gasteiger partial charge in [0.2, 0.25) is 5.91 Å². The molecule has 1 atom stereocenters. The number of carbonyl (C=O) groups is 1. The minimum absolute atomic E-state index is 0.0497. The van der Waals surface area contributed by atoms with Gasteiger partial charge in [-0.25, -0.2) is 4.98 Å². The van der Waals surface area contributed by atoms with E-state index in [1.54, 1.807) is 0 Å². The van der Waals surface area contributed by atoms with Crippen LogP contribution in [-0.4, -0.2) is 35.9 Å². The Kier molecular flexibility index (Phi) is 7.92. The van der Waals surface area contributed by atoms with Gasteiger partial charge in [-0.05, 0) is 45.7 Å². The summed E-state index contributed by atoms with van der Waals surface area (Å²) in [6.07, 6.45) is 0.794. The van der Waals surface area contributed by atoms with Crippen molar-refractivity contribution in [3.63, 3.8) is 0 Å². The molecule has 1 N–H and O–H groups in total. The van der Waals surface area contributed by atoms with Gasteiger partial charge in [-0.3, -0.25) is 4.79 Å². The summed E-state index contributed by atoms with van der Waals surface area (Å²) in [5.41, 5.74) is 2.29. The van der Waals surface area contributed by atoms with E-state index in [0.717, 1.165) is 17.7 Å². The molecule has 1 aromatic rings. The monoisotopic (exact) mass is 321 g/mol. The van der Waals surface area contributed by atoms with Gasteiger partial charge in [0.15, 0.2) is 0 Å². The van der Waals surface area contributed by atoms with Crippen molar-refractivity contribution >= 4 is 17.7 Å². The van der Waals surface area contributed by atoms with Crippen LogP contribution in [0.4, 0.5) is 0 Å². The summed E-state index contributed by atoms with van der Waals surface area (Å²) in [5, 5.41) is 12.4. The zero-order valence-corrected chi connectivity index (χ0v) is 14.4. The first-order chi connectivity index (χ1) is 10.5. The van der Waals surface area contributed by atoms with Crippen molar-refractivity contribution in [1.29, 1.82) is 5.26 Å². The van der Waals surface area contributed by atoms with E-state index >= 15 is 0 Å². The average molecular weight is 321 g/mol. The fourth-order valence-electron chi connectivity index (χ4n) is 1.92. The number of pyridine rings is 1. The highest BCUT2D eigenvalue weighted by atomic mass is 32.2. The van der Waals surface area contributed by atoms with Gasteiger partial charge in [-0.2, -0.15) is 5.26 Å². The fraction of sp³-hybridized carbons (Fsp3) is 0.562. The third kappa shape index (κ3) is 5.66. The molecule has 0 spiro atoms. The van der Waals surface area contributed by atoms with E-state index in [1.807, 2.05) is 33.8 Å². The van der Waals surface area contributed by atoms with Gasteiger partial charge in [0.05, 0.1) is 10.8 Å². The van der Waals surface area contributed by atoms with E-state index in [2.05, 4.69) is 16.4 Å². The number of aromatic nitrogens is 1. The highest BCUT2D eigenvalue weighted by Crippen LogP contribution is 2.27. The number of ether oxygens (including phenoxy) is 1. The van der Waals surface area contributed by atoms with E-state index in [-0.39, 0.29) is 11.2 Å². The summed E-state index contributed by atoms with van der Waals surface area (Å²) < 4.78 is 5.23. The molecule has 0 saturated heterocycles. The smallest absolute Gasteiger partial charge is 0.233 e. The maximum absolute atomic E-state index is 12.1. The lowest BCUT2D eigenvalue weighted by Crippen LogP contribution is -2.32. The first kappa shape index (κ1) is 18.5. The van der Waals surface area contributed by atoms with Crippen LogP contribution in [0.3, 0.4) is 0 Å². The first-order valence-corrected chi connectivity index (χ1v) is 8.28. The number of hydrogen-bond acceptors (Lipinski definition) is 5. The van der Waals surface area contributed by atoms with E-state index in [4.69, 9.17) is 4.74 Å². The Morgan fingerprint density at radius 3 is 2.91 bits per heavy atom. The summed E-state index contributed by atoms with van der Waals surface area (Å²) in [4.78, 5) is 16.5. The number of rotatable bonds is 8. The van der Waals surface area contributed by atoms with Crippen molar-refractivity contribution in [2.45, 2.75) is 44.4 Å². The Balaban J connectivity index is 2.59. The van der Waals surface area contributed by atoms with Crippen LogP contribution in [0.5, 0.6) is 0 Å². The molecule has 22 heavy (non-hydrogen) atoms. The third-order valence-electron chi connectivity index (χ3n) is 3.05. The number of nitrogens with zero attached hydrogens (tertiary/aromatic N) is 2. The molecule has 0 radical (unpaired) electrons. The summed E-state index contributed by atoms with van der Waals surface area (Å²) in [6, 6.07) is 4.05. The van der Waals surface area contributed by atoms with Crippen LogP contribution in [0, 0.1) is 25.2 Å². The number of amides is 1. The lowest BCUT2D eigenvalue weighted by molar-refractivity contribution is -0.120. The highest BCUT2D eigenvalue weighted by Gasteiger charge is 2.18. The molecule has 6 heteroatoms. The molecule has 0 aliphatic heterocycles. The lowest BCUT2D eigenvalue weighted by atomic mass is 10.1. The Bertz CT molecular complexity index is 555. The standard InChI is InChI=1S/C16H23N3O2S/c1-5-21-8-6-7-18-15(20)13(4)22-16-14(10-17)11(2)9-12(3)19-16/h9,13H,5-8H2,1-4H3,(H,18,20). The van der Waals surface area contributed by atoms with Crippen molar-refractivity contribution in [2.75, 3.05) is 19.8 Å². The second-order valence-corrected chi connectivity index (χ2v) is 6.30. The molecular formula is C16H23N3O2S. The zero-order valence-electron chi connectivity index (χ0n) is 13.6. The SMILES string of the molecule is CCOCCCNC(=O)C(C)Sc1nc(C)cc(C)c1C#N. The molecule has 0 saturated carbocycles. The molecule has 0 bridgehead atoms. The summed E-state index contributed by atoms with van der Waals surface area (Å²) in [6.45, 7) is 9.47. The molecule has 120 valence electrons. The minimum Gasteiger partial charge on any atom is -0.382 e. The highest BCUT2D eigenvalue weighted by molar-refractivity contribution is 8.00. The van der Waals surface area contributed by atoms with Gasteiger partial charge in [-0.1, -0.05) is 11.8 Å². The lowest BCUT2D eigenvalue weighted by Gasteiger charge is -2.13. The number of aryl methyl sites for hydroxylation is 2. The third-order valence-corrected chi connectivity index (χ3v) is 4.14. The number of nitriles is 1. The second kappa shape index (κ2) is 9.44. The Labute approximate surface area is 136 Å². The van der Waals surface area contributed by atoms with Crippen molar-refractivity contribution in [3.05, 3.63) is 22.9 Å². The topological polar surface area (TPSA) is 75.0 Å². The van der Waals surface area contributed by atoms with Crippen LogP contribution in [0.15, 0.2) is 11.1 Å². The van der Waals surface area contributed by atoms with Crippen molar-refractivity contribution in [1.82, 2.24) is 10.3 Å². The molecular weight excluding hydrogens is 298 g/mol. The second-order valence-electron chi connectivity index (χ2n) is 4.97. The zero-order chi connectivity index (χ0) is 16.5. The van der Waals surface area contributed by atoms with Crippen molar-refractivity contribution in [3.8, 4) is 6.07 Å². The van der Waals surface area contributed by atoms with E-state index < -0.39 is 0 Å². The molecule has 1 rings (SSSR count). The maximum atomic E-state index is 12.1. The Hall–Kier alpha value is -1.58. The molecule has 0 fully saturated rings. The van der Waals surface area contributed by atoms with E-state index in [1.165, 1.54) is 11.8 Å². The molecule has 0 aliphatic carbocycles. The minimum atomic E-state index is -0.298. The molecule has 1 heterocycles. The van der Waals surface area contributed by atoms with Gasteiger partial charge in [0, 0.05) is 25.5 Å². The van der Waals surface area contributed by atoms with Crippen molar-refractivity contribution < 1.29 is 9.53 Å². The molecule has 1 aromatic heterocycles. The van der Waals surface area contributed by atoms with Crippen LogP contribution in [0.1, 0.15) is 37.1 Å². The predicted molar refractivity (Wildman–Crippen MR) is 87.9 cm³/mol. The number of carbonyl (C=O) groups excluding carboxylic acids is 1. The number of hydrogen-bond donors (Lipinski definition) is 1. The number of nitrogens with one attached hydrogen (secondary N) is 1. The summed E-state index contributed by atoms with van der Waals surface area (Å²) >= 11 is 1.32. The van der Waals surface area contributed by atoms with Crippen LogP contribution in [0.25, 0.3) is 0 Å². The first-order valence-electron chi connectivity index (χ1n) is 7.40. The molecule has 0 aliphatic rings. The molecule has 1 unspecified atom stereocenters. The van der Waals surface area contributed by atoms with Crippen LogP contribution >= 0.6 is 11.8 Å². The normalized spacial score (nSPS) is 11.8. The van der Waals surface area contributed by atoms with Crippen LogP contribution in [0.2, 0.25) is 0 Å². The molecule has 5 nitrogen and oxygen atoms in total. The van der Waals surface area contributed by atoms with E-state index in [0.29, 0.717) is 30.3 Å². The van der Waals surface area contributed by atoms with Gasteiger partial charge in [0.1, 0.15) is 11.1 Å². The molecule has 0 aromatic carbocycles. The van der Waals surface area contributed by atoms with Crippen LogP contribution in [-0.2, 0) is 9.53 Å². The molecule has 1 amide bonds. The van der Waals surface area contributed by atoms with Gasteiger partial charge >= 0.3 is 0 Å². The Morgan fingerprint density at radius 1 is 1.55 bits per heavy atom. The Morgan fingerprint density at radius 2 is 2.27 bits per heavy atom. The van der Waals surface area contributed by atoms with Gasteiger partial charge in [-0.15, -0.1) is 0 Å². The fourth-order valence-corrected chi connectivity index (χ4v) is 2.97. The maximum Gasteiger partial charge on any atom is 0.233 e. The summed E-state index contributed by atoms with van der Waals surface area (Å²) in [7, 11) is 0. The van der Waals surface area contributed by atoms with Gasteiger partial charge in [0.25, 0.3) is 0 Å². The average Bonchev–Trinajstić information content (AvgIpc) is 2.46. The van der Waals surface area contributed by atoms with Gasteiger partial charge < -0.3 is 10.1 Å². The summed E-state index contributed by atoms with van der Waals surface area (Å²) in [5.74, 6) is -0.0497. The predicted octanol–water partition coefficient (Wildman–Crippen LogP) is 2.59. The van der Waals surface area contributed by atoms with Crippen molar-refractivity contribution in [2.24, 2.45) is 0 Å². The van der Waals surface area contributed by atoms with Crippen LogP contribution < -0.4 is 5.32 Å². The van der Waals surface area contributed by atoms with E-state index in [9.17, 15) is 10.1 Å². The quantitative estimate of drug-likeness (QED) is 0.588.